The van der Waals surface area contributed by atoms with Crippen LogP contribution in [-0.2, 0) is 0 Å². The molecule has 0 atom stereocenters. The molecule has 11 aromatic rings. The molecule has 2 heterocycles. The highest BCUT2D eigenvalue weighted by Crippen LogP contribution is 2.44. The highest BCUT2D eigenvalue weighted by atomic mass is 32.1. The van der Waals surface area contributed by atoms with Crippen molar-refractivity contribution < 1.29 is 0 Å². The summed E-state index contributed by atoms with van der Waals surface area (Å²) in [6.45, 7) is 0. The van der Waals surface area contributed by atoms with E-state index >= 15 is 0 Å². The van der Waals surface area contributed by atoms with Gasteiger partial charge < -0.3 is 14.4 Å². The Morgan fingerprint density at radius 2 is 0.810 bits per heavy atom. The van der Waals surface area contributed by atoms with E-state index in [1.54, 1.807) is 0 Å². The molecule has 0 aliphatic heterocycles. The molecule has 0 fully saturated rings. The Morgan fingerprint density at radius 1 is 0.293 bits per heavy atom. The third-order valence-corrected chi connectivity index (χ3v) is 12.3. The van der Waals surface area contributed by atoms with Crippen LogP contribution in [0.3, 0.4) is 0 Å². The lowest BCUT2D eigenvalue weighted by Crippen LogP contribution is -2.09. The Kier molecular flexibility index (Phi) is 8.34. The molecule has 274 valence electrons. The zero-order chi connectivity index (χ0) is 38.4. The van der Waals surface area contributed by atoms with Crippen molar-refractivity contribution >= 4 is 87.4 Å². The maximum atomic E-state index is 2.46. The van der Waals surface area contributed by atoms with Gasteiger partial charge in [-0.3, -0.25) is 0 Å². The largest absolute Gasteiger partial charge is 0.311 e. The first-order valence-electron chi connectivity index (χ1n) is 19.7. The molecule has 0 N–H and O–H groups in total. The van der Waals surface area contributed by atoms with Gasteiger partial charge in [0.15, 0.2) is 0 Å². The van der Waals surface area contributed by atoms with Crippen LogP contribution in [0.25, 0.3) is 58.8 Å². The monoisotopic (exact) mass is 759 g/mol. The van der Waals surface area contributed by atoms with Crippen molar-refractivity contribution in [3.63, 3.8) is 0 Å². The van der Waals surface area contributed by atoms with Crippen LogP contribution in [0, 0.1) is 0 Å². The van der Waals surface area contributed by atoms with Crippen molar-refractivity contribution in [2.24, 2.45) is 0 Å². The normalized spacial score (nSPS) is 11.4. The summed E-state index contributed by atoms with van der Waals surface area (Å²) < 4.78 is 5.07. The van der Waals surface area contributed by atoms with Gasteiger partial charge in [-0.05, 0) is 120 Å². The van der Waals surface area contributed by atoms with Gasteiger partial charge >= 0.3 is 0 Å². The van der Waals surface area contributed by atoms with E-state index in [0.717, 1.165) is 39.8 Å². The maximum Gasteiger partial charge on any atom is 0.0548 e. The van der Waals surface area contributed by atoms with Gasteiger partial charge in [0.25, 0.3) is 0 Å². The third-order valence-electron chi connectivity index (χ3n) is 11.1. The molecule has 58 heavy (non-hydrogen) atoms. The first kappa shape index (κ1) is 33.9. The van der Waals surface area contributed by atoms with E-state index in [1.807, 2.05) is 11.3 Å². The second-order valence-electron chi connectivity index (χ2n) is 14.6. The number of hydrogen-bond donors (Lipinski definition) is 0. The Hall–Kier alpha value is -7.40. The van der Waals surface area contributed by atoms with Crippen LogP contribution in [0.1, 0.15) is 0 Å². The zero-order valence-electron chi connectivity index (χ0n) is 31.6. The van der Waals surface area contributed by atoms with Gasteiger partial charge in [0.05, 0.1) is 11.0 Å². The van der Waals surface area contributed by atoms with Crippen molar-refractivity contribution in [2.45, 2.75) is 0 Å². The SMILES string of the molecule is c1ccc(N(c2ccccc2)c2ccc(-c3cccc(-n4c5ccc(N(c6ccccc6)c6ccccc6)cc5c5cc6sc7ccccc7c6cc54)c3)cc2)cc1. The molecule has 0 radical (unpaired) electrons. The van der Waals surface area contributed by atoms with Crippen molar-refractivity contribution in [1.82, 2.24) is 4.57 Å². The summed E-state index contributed by atoms with van der Waals surface area (Å²) >= 11 is 1.87. The van der Waals surface area contributed by atoms with E-state index in [2.05, 4.69) is 239 Å². The highest BCUT2D eigenvalue weighted by Gasteiger charge is 2.20. The molecule has 0 bridgehead atoms. The number of rotatable bonds is 8. The predicted octanol–water partition coefficient (Wildman–Crippen LogP) is 15.8. The second kappa shape index (κ2) is 14.3. The van der Waals surface area contributed by atoms with E-state index in [4.69, 9.17) is 0 Å². The number of nitrogens with zero attached hydrogens (tertiary/aromatic N) is 3. The summed E-state index contributed by atoms with van der Waals surface area (Å²) in [5.41, 5.74) is 12.6. The summed E-state index contributed by atoms with van der Waals surface area (Å²) in [6, 6.07) is 80.9. The standard InChI is InChI=1S/C54H37N3S/c1-5-17-40(18-6-1)55(41-19-7-2-8-20-41)44-30-28-38(29-31-44)39-16-15-25-45(34-39)57-51-33-32-46(56(42-21-9-3-10-22-42)43-23-11-4-12-24-43)35-48(51)49-37-54-50(36-52(49)57)47-26-13-14-27-53(47)58-54/h1-37H. The summed E-state index contributed by atoms with van der Waals surface area (Å²) in [7, 11) is 0. The fraction of sp³-hybridized carbons (Fsp3) is 0. The molecule has 4 heteroatoms. The number of aromatic nitrogens is 1. The molecule has 0 aliphatic rings. The predicted molar refractivity (Wildman–Crippen MR) is 248 cm³/mol. The molecule has 0 unspecified atom stereocenters. The van der Waals surface area contributed by atoms with Crippen molar-refractivity contribution in [3.8, 4) is 16.8 Å². The van der Waals surface area contributed by atoms with Gasteiger partial charge in [0.1, 0.15) is 0 Å². The number of benzene rings is 9. The smallest absolute Gasteiger partial charge is 0.0548 e. The summed E-state index contributed by atoms with van der Waals surface area (Å²) in [6.07, 6.45) is 0. The van der Waals surface area contributed by atoms with Crippen LogP contribution in [0.2, 0.25) is 0 Å². The highest BCUT2D eigenvalue weighted by molar-refractivity contribution is 7.25. The van der Waals surface area contributed by atoms with Gasteiger partial charge in [0.2, 0.25) is 0 Å². The van der Waals surface area contributed by atoms with Gasteiger partial charge in [-0.1, -0.05) is 115 Å². The average Bonchev–Trinajstić information content (AvgIpc) is 3.82. The Morgan fingerprint density at radius 3 is 1.43 bits per heavy atom. The number of para-hydroxylation sites is 4. The summed E-state index contributed by atoms with van der Waals surface area (Å²) in [4.78, 5) is 4.65. The van der Waals surface area contributed by atoms with E-state index < -0.39 is 0 Å². The molecule has 0 spiro atoms. The van der Waals surface area contributed by atoms with E-state index in [0.29, 0.717) is 0 Å². The van der Waals surface area contributed by atoms with E-state index in [9.17, 15) is 0 Å². The summed E-state index contributed by atoms with van der Waals surface area (Å²) in [5.74, 6) is 0. The minimum absolute atomic E-state index is 1.11. The third kappa shape index (κ3) is 5.90. The van der Waals surface area contributed by atoms with E-state index in [-0.39, 0.29) is 0 Å². The first-order valence-corrected chi connectivity index (χ1v) is 20.5. The van der Waals surface area contributed by atoms with Crippen molar-refractivity contribution in [1.29, 1.82) is 0 Å². The van der Waals surface area contributed by atoms with Gasteiger partial charge in [-0.2, -0.15) is 0 Å². The Balaban J connectivity index is 1.07. The van der Waals surface area contributed by atoms with Crippen molar-refractivity contribution in [2.75, 3.05) is 9.80 Å². The van der Waals surface area contributed by atoms with E-state index in [1.165, 1.54) is 53.1 Å². The minimum atomic E-state index is 1.11. The molecule has 9 aromatic carbocycles. The van der Waals surface area contributed by atoms with Crippen molar-refractivity contribution in [3.05, 3.63) is 224 Å². The van der Waals surface area contributed by atoms with Crippen LogP contribution in [0.15, 0.2) is 224 Å². The van der Waals surface area contributed by atoms with Crippen LogP contribution in [0.5, 0.6) is 0 Å². The molecular formula is C54H37N3S. The number of anilines is 6. The molecule has 0 aliphatic carbocycles. The zero-order valence-corrected chi connectivity index (χ0v) is 32.4. The Labute approximate surface area is 341 Å². The first-order chi connectivity index (χ1) is 28.8. The van der Waals surface area contributed by atoms with Gasteiger partial charge in [-0.25, -0.2) is 0 Å². The summed E-state index contributed by atoms with van der Waals surface area (Å²) in [5, 5.41) is 5.06. The van der Waals surface area contributed by atoms with Crippen LogP contribution < -0.4 is 9.80 Å². The van der Waals surface area contributed by atoms with Crippen LogP contribution in [0.4, 0.5) is 34.1 Å². The average molecular weight is 760 g/mol. The fourth-order valence-corrected chi connectivity index (χ4v) is 9.60. The lowest BCUT2D eigenvalue weighted by molar-refractivity contribution is 1.18. The molecule has 2 aromatic heterocycles. The maximum absolute atomic E-state index is 2.46. The molecule has 3 nitrogen and oxygen atoms in total. The fourth-order valence-electron chi connectivity index (χ4n) is 8.47. The molecule has 11 rings (SSSR count). The van der Waals surface area contributed by atoms with Crippen LogP contribution in [-0.4, -0.2) is 4.57 Å². The topological polar surface area (TPSA) is 11.4 Å². The molecule has 0 amide bonds. The molecule has 0 saturated heterocycles. The van der Waals surface area contributed by atoms with Gasteiger partial charge in [0, 0.05) is 70.8 Å². The van der Waals surface area contributed by atoms with Gasteiger partial charge in [-0.15, -0.1) is 11.3 Å². The number of thiophene rings is 1. The molecule has 0 saturated carbocycles. The molecular weight excluding hydrogens is 723 g/mol. The second-order valence-corrected chi connectivity index (χ2v) is 15.7. The lowest BCUT2D eigenvalue weighted by atomic mass is 10.0. The Bertz CT molecular complexity index is 3130. The minimum Gasteiger partial charge on any atom is -0.311 e. The quantitative estimate of drug-likeness (QED) is 0.153. The number of hydrogen-bond acceptors (Lipinski definition) is 3. The lowest BCUT2D eigenvalue weighted by Gasteiger charge is -2.25. The van der Waals surface area contributed by atoms with Crippen LogP contribution >= 0.6 is 11.3 Å². The number of fused-ring (bicyclic) bond motifs is 6.